The molecule has 0 bridgehead atoms. The number of ether oxygens (including phenoxy) is 1. The Balaban J connectivity index is 1.47. The summed E-state index contributed by atoms with van der Waals surface area (Å²) in [5, 5.41) is 2.94. The fourth-order valence-corrected chi connectivity index (χ4v) is 3.12. The second-order valence-electron chi connectivity index (χ2n) is 6.95. The Morgan fingerprint density at radius 2 is 1.96 bits per heavy atom. The lowest BCUT2D eigenvalue weighted by Crippen LogP contribution is -2.48. The van der Waals surface area contributed by atoms with Crippen molar-refractivity contribution in [2.45, 2.75) is 51.7 Å². The smallest absolute Gasteiger partial charge is 0.242 e. The van der Waals surface area contributed by atoms with Crippen LogP contribution in [-0.4, -0.2) is 41.9 Å². The first-order chi connectivity index (χ1) is 11.5. The first-order valence-corrected chi connectivity index (χ1v) is 8.86. The number of carbonyl (C=O) groups excluding carboxylic acids is 2. The molecule has 2 aliphatic rings. The molecule has 2 unspecified atom stereocenters. The minimum atomic E-state index is -0.301. The summed E-state index contributed by atoms with van der Waals surface area (Å²) in [4.78, 5) is 26.5. The van der Waals surface area contributed by atoms with Crippen LogP contribution in [0.25, 0.3) is 0 Å². The first kappa shape index (κ1) is 16.8. The fraction of sp³-hybridized carbons (Fsp3) is 0.579. The zero-order chi connectivity index (χ0) is 17.1. The van der Waals surface area contributed by atoms with Crippen molar-refractivity contribution in [3.63, 3.8) is 0 Å². The molecule has 1 heterocycles. The second-order valence-corrected chi connectivity index (χ2v) is 6.95. The van der Waals surface area contributed by atoms with Crippen molar-refractivity contribution >= 4 is 11.8 Å². The molecule has 2 amide bonds. The van der Waals surface area contributed by atoms with E-state index in [9.17, 15) is 9.59 Å². The van der Waals surface area contributed by atoms with E-state index >= 15 is 0 Å². The second kappa shape index (κ2) is 7.24. The molecule has 130 valence electrons. The molecule has 0 aromatic heterocycles. The lowest BCUT2D eigenvalue weighted by atomic mass is 10.2. The van der Waals surface area contributed by atoms with Crippen LogP contribution in [0.5, 0.6) is 5.75 Å². The zero-order valence-corrected chi connectivity index (χ0v) is 14.5. The maximum atomic E-state index is 12.4. The molecular formula is C19H26N2O3. The van der Waals surface area contributed by atoms with Crippen LogP contribution in [0.2, 0.25) is 0 Å². The van der Waals surface area contributed by atoms with Crippen molar-refractivity contribution in [3.8, 4) is 5.75 Å². The SMILES string of the molecule is Cc1ccc(OC(C)CNC(=O)C2CCCN2C(=O)C2CC2)cc1. The van der Waals surface area contributed by atoms with Gasteiger partial charge in [0.1, 0.15) is 17.9 Å². The molecule has 0 spiro atoms. The summed E-state index contributed by atoms with van der Waals surface area (Å²) in [7, 11) is 0. The monoisotopic (exact) mass is 330 g/mol. The zero-order valence-electron chi connectivity index (χ0n) is 14.5. The quantitative estimate of drug-likeness (QED) is 0.870. The van der Waals surface area contributed by atoms with E-state index in [1.54, 1.807) is 4.90 Å². The van der Waals surface area contributed by atoms with E-state index in [4.69, 9.17) is 4.74 Å². The van der Waals surface area contributed by atoms with Gasteiger partial charge in [0.15, 0.2) is 0 Å². The van der Waals surface area contributed by atoms with Crippen LogP contribution in [0.15, 0.2) is 24.3 Å². The molecule has 2 atom stereocenters. The maximum absolute atomic E-state index is 12.4. The van der Waals surface area contributed by atoms with Crippen molar-refractivity contribution in [3.05, 3.63) is 29.8 Å². The van der Waals surface area contributed by atoms with Crippen LogP contribution < -0.4 is 10.1 Å². The molecule has 1 aliphatic carbocycles. The highest BCUT2D eigenvalue weighted by Crippen LogP contribution is 2.33. The van der Waals surface area contributed by atoms with Gasteiger partial charge in [-0.1, -0.05) is 17.7 Å². The molecule has 24 heavy (non-hydrogen) atoms. The number of carbonyl (C=O) groups is 2. The molecule has 0 radical (unpaired) electrons. The largest absolute Gasteiger partial charge is 0.489 e. The van der Waals surface area contributed by atoms with Crippen molar-refractivity contribution in [2.75, 3.05) is 13.1 Å². The summed E-state index contributed by atoms with van der Waals surface area (Å²) in [6, 6.07) is 7.56. The number of rotatable bonds is 6. The Morgan fingerprint density at radius 1 is 1.25 bits per heavy atom. The first-order valence-electron chi connectivity index (χ1n) is 8.86. The van der Waals surface area contributed by atoms with Crippen LogP contribution in [0.1, 0.15) is 38.2 Å². The molecule has 1 aromatic carbocycles. The van der Waals surface area contributed by atoms with Gasteiger partial charge in [-0.2, -0.15) is 0 Å². The number of aryl methyl sites for hydroxylation is 1. The summed E-state index contributed by atoms with van der Waals surface area (Å²) in [5.41, 5.74) is 1.19. The van der Waals surface area contributed by atoms with Gasteiger partial charge in [0.25, 0.3) is 0 Å². The number of likely N-dealkylation sites (tertiary alicyclic amines) is 1. The van der Waals surface area contributed by atoms with E-state index in [-0.39, 0.29) is 29.9 Å². The maximum Gasteiger partial charge on any atom is 0.242 e. The standard InChI is InChI=1S/C19H26N2O3/c1-13-5-9-16(10-6-13)24-14(2)12-20-18(22)17-4-3-11-21(17)19(23)15-7-8-15/h5-6,9-10,14-15,17H,3-4,7-8,11-12H2,1-2H3,(H,20,22). The topological polar surface area (TPSA) is 58.6 Å². The number of nitrogens with zero attached hydrogens (tertiary/aromatic N) is 1. The lowest BCUT2D eigenvalue weighted by Gasteiger charge is -2.24. The van der Waals surface area contributed by atoms with Crippen LogP contribution in [0.4, 0.5) is 0 Å². The van der Waals surface area contributed by atoms with Gasteiger partial charge in [0, 0.05) is 12.5 Å². The van der Waals surface area contributed by atoms with E-state index < -0.39 is 0 Å². The predicted octanol–water partition coefficient (Wildman–Crippen LogP) is 2.28. The van der Waals surface area contributed by atoms with Gasteiger partial charge in [-0.25, -0.2) is 0 Å². The van der Waals surface area contributed by atoms with Crippen molar-refractivity contribution in [1.29, 1.82) is 0 Å². The van der Waals surface area contributed by atoms with Gasteiger partial charge in [-0.15, -0.1) is 0 Å². The average molecular weight is 330 g/mol. The molecule has 5 heteroatoms. The average Bonchev–Trinajstić information content (AvgIpc) is 3.30. The normalized spacial score (nSPS) is 21.4. The van der Waals surface area contributed by atoms with Crippen molar-refractivity contribution in [2.24, 2.45) is 5.92 Å². The van der Waals surface area contributed by atoms with Gasteiger partial charge in [0.05, 0.1) is 6.54 Å². The number of hydrogen-bond donors (Lipinski definition) is 1. The highest BCUT2D eigenvalue weighted by Gasteiger charge is 2.40. The number of hydrogen-bond acceptors (Lipinski definition) is 3. The lowest BCUT2D eigenvalue weighted by molar-refractivity contribution is -0.139. The molecule has 3 rings (SSSR count). The third-order valence-corrected chi connectivity index (χ3v) is 4.69. The minimum absolute atomic E-state index is 0.0548. The van der Waals surface area contributed by atoms with Crippen molar-refractivity contribution in [1.82, 2.24) is 10.2 Å². The Kier molecular flexibility index (Phi) is 5.07. The van der Waals surface area contributed by atoms with Crippen LogP contribution in [0, 0.1) is 12.8 Å². The van der Waals surface area contributed by atoms with E-state index in [2.05, 4.69) is 5.32 Å². The number of nitrogens with one attached hydrogen (secondary N) is 1. The Labute approximate surface area is 143 Å². The summed E-state index contributed by atoms with van der Waals surface area (Å²) in [5.74, 6) is 1.08. The molecule has 5 nitrogen and oxygen atoms in total. The van der Waals surface area contributed by atoms with Gasteiger partial charge >= 0.3 is 0 Å². The van der Waals surface area contributed by atoms with Crippen molar-refractivity contribution < 1.29 is 14.3 Å². The Morgan fingerprint density at radius 3 is 2.62 bits per heavy atom. The summed E-state index contributed by atoms with van der Waals surface area (Å²) in [6.07, 6.45) is 3.50. The number of benzene rings is 1. The summed E-state index contributed by atoms with van der Waals surface area (Å²) < 4.78 is 5.81. The van der Waals surface area contributed by atoms with E-state index in [0.29, 0.717) is 13.1 Å². The van der Waals surface area contributed by atoms with E-state index in [1.807, 2.05) is 38.1 Å². The molecule has 2 fully saturated rings. The summed E-state index contributed by atoms with van der Waals surface area (Å²) in [6.45, 7) is 5.11. The van der Waals surface area contributed by atoms with Gasteiger partial charge in [0.2, 0.25) is 11.8 Å². The van der Waals surface area contributed by atoms with Gasteiger partial charge in [-0.3, -0.25) is 9.59 Å². The van der Waals surface area contributed by atoms with Gasteiger partial charge < -0.3 is 15.0 Å². The molecule has 1 aromatic rings. The predicted molar refractivity (Wildman–Crippen MR) is 91.7 cm³/mol. The molecule has 1 N–H and O–H groups in total. The highest BCUT2D eigenvalue weighted by atomic mass is 16.5. The minimum Gasteiger partial charge on any atom is -0.489 e. The van der Waals surface area contributed by atoms with Gasteiger partial charge in [-0.05, 0) is 51.7 Å². The Bertz CT molecular complexity index is 595. The molecule has 1 saturated carbocycles. The van der Waals surface area contributed by atoms with E-state index in [1.165, 1.54) is 5.56 Å². The number of amides is 2. The highest BCUT2D eigenvalue weighted by molar-refractivity contribution is 5.90. The van der Waals surface area contributed by atoms with Crippen LogP contribution in [-0.2, 0) is 9.59 Å². The third kappa shape index (κ3) is 4.08. The summed E-state index contributed by atoms with van der Waals surface area (Å²) >= 11 is 0. The Hall–Kier alpha value is -2.04. The van der Waals surface area contributed by atoms with E-state index in [0.717, 1.165) is 31.4 Å². The molecular weight excluding hydrogens is 304 g/mol. The third-order valence-electron chi connectivity index (χ3n) is 4.69. The van der Waals surface area contributed by atoms with Crippen LogP contribution in [0.3, 0.4) is 0 Å². The fourth-order valence-electron chi connectivity index (χ4n) is 3.12. The molecule has 1 aliphatic heterocycles. The van der Waals surface area contributed by atoms with Crippen LogP contribution >= 0.6 is 0 Å². The molecule has 1 saturated heterocycles.